The smallest absolute Gasteiger partial charge is 0.164 e. The van der Waals surface area contributed by atoms with E-state index in [-0.39, 0.29) is 5.41 Å². The van der Waals surface area contributed by atoms with Gasteiger partial charge in [-0.25, -0.2) is 15.0 Å². The molecule has 0 N–H and O–H groups in total. The van der Waals surface area contributed by atoms with E-state index in [0.717, 1.165) is 45.4 Å². The van der Waals surface area contributed by atoms with Crippen LogP contribution in [-0.4, -0.2) is 15.0 Å². The second-order valence-electron chi connectivity index (χ2n) is 14.6. The molecule has 0 spiro atoms. The number of nitrogens with zero attached hydrogens (tertiary/aromatic N) is 4. The molecule has 2 aliphatic rings. The van der Waals surface area contributed by atoms with Crippen LogP contribution in [0.3, 0.4) is 0 Å². The van der Waals surface area contributed by atoms with E-state index in [1.807, 2.05) is 66.0 Å². The number of hydrogen-bond acceptors (Lipinski definition) is 5. The minimum atomic E-state index is -0.266. The van der Waals surface area contributed by atoms with E-state index in [2.05, 4.69) is 131 Å². The molecule has 4 nitrogen and oxygen atoms in total. The predicted octanol–water partition coefficient (Wildman–Crippen LogP) is 13.3. The average molecular weight is 739 g/mol. The molecule has 0 atom stereocenters. The van der Waals surface area contributed by atoms with Gasteiger partial charge in [-0.3, -0.25) is 0 Å². The number of allylic oxidation sites excluding steroid dienone is 11. The van der Waals surface area contributed by atoms with Crippen LogP contribution < -0.4 is 0 Å². The van der Waals surface area contributed by atoms with Gasteiger partial charge in [0.2, 0.25) is 0 Å². The monoisotopic (exact) mass is 738 g/mol. The Balaban J connectivity index is 1.25. The second-order valence-corrected chi connectivity index (χ2v) is 15.7. The first-order valence-electron chi connectivity index (χ1n) is 18.9. The molecule has 7 aromatic rings. The lowest BCUT2D eigenvalue weighted by atomic mass is 9.80. The van der Waals surface area contributed by atoms with E-state index in [0.29, 0.717) is 23.0 Å². The highest BCUT2D eigenvalue weighted by atomic mass is 32.1. The van der Waals surface area contributed by atoms with Gasteiger partial charge in [0.1, 0.15) is 0 Å². The third-order valence-electron chi connectivity index (χ3n) is 11.0. The number of rotatable bonds is 7. The van der Waals surface area contributed by atoms with Gasteiger partial charge in [0.15, 0.2) is 17.5 Å². The Morgan fingerprint density at radius 3 is 2.30 bits per heavy atom. The molecule has 0 bridgehead atoms. The molecule has 5 heteroatoms. The third kappa shape index (κ3) is 5.96. The first-order valence-corrected chi connectivity index (χ1v) is 19.7. The number of fused-ring (bicyclic) bond motifs is 6. The molecule has 268 valence electrons. The largest absolute Gasteiger partial charge is 0.209 e. The molecule has 0 fully saturated rings. The zero-order chi connectivity index (χ0) is 38.4. The fraction of sp³-hybridized carbons (Fsp3) is 0.0980. The molecule has 0 aliphatic heterocycles. The average Bonchev–Trinajstić information content (AvgIpc) is 3.55. The minimum Gasteiger partial charge on any atom is -0.209 e. The minimum absolute atomic E-state index is 0.266. The summed E-state index contributed by atoms with van der Waals surface area (Å²) in [5.74, 6) is 1.84. The molecule has 0 saturated carbocycles. The van der Waals surface area contributed by atoms with Crippen molar-refractivity contribution in [3.05, 3.63) is 192 Å². The van der Waals surface area contributed by atoms with Crippen molar-refractivity contribution in [1.82, 2.24) is 15.0 Å². The molecular weight excluding hydrogens is 701 g/mol. The van der Waals surface area contributed by atoms with Crippen molar-refractivity contribution < 1.29 is 0 Å². The highest BCUT2D eigenvalue weighted by Gasteiger charge is 2.36. The first kappa shape index (κ1) is 35.0. The van der Waals surface area contributed by atoms with Crippen LogP contribution in [0.5, 0.6) is 0 Å². The van der Waals surface area contributed by atoms with Crippen LogP contribution in [0.25, 0.3) is 70.5 Å². The Bertz CT molecular complexity index is 2940. The van der Waals surface area contributed by atoms with Crippen molar-refractivity contribution in [3.8, 4) is 39.7 Å². The van der Waals surface area contributed by atoms with E-state index in [1.54, 1.807) is 0 Å². The zero-order valence-electron chi connectivity index (χ0n) is 31.5. The maximum absolute atomic E-state index is 9.72. The van der Waals surface area contributed by atoms with Crippen molar-refractivity contribution >= 4 is 48.2 Å². The van der Waals surface area contributed by atoms with Gasteiger partial charge < -0.3 is 0 Å². The fourth-order valence-electron chi connectivity index (χ4n) is 8.12. The summed E-state index contributed by atoms with van der Waals surface area (Å²) in [6.45, 7) is 10.9. The van der Waals surface area contributed by atoms with Crippen molar-refractivity contribution in [2.24, 2.45) is 0 Å². The summed E-state index contributed by atoms with van der Waals surface area (Å²) >= 11 is 1.82. The normalized spacial score (nSPS) is 14.6. The topological polar surface area (TPSA) is 62.5 Å². The Labute approximate surface area is 331 Å². The number of thiophene rings is 1. The maximum atomic E-state index is 9.72. The van der Waals surface area contributed by atoms with Crippen molar-refractivity contribution in [3.63, 3.8) is 0 Å². The SMILES string of the molecule is C=C/C(=C\C(=C/C)c1c(-c2ccc3c(c2)C(C)(C)c2cc(C#N)ccc2-3)ccc2sc3ccccc3c12)c1nc(C2=CC=CC=CC2)nc(-c2ccccc2)n1. The second kappa shape index (κ2) is 14.2. The lowest BCUT2D eigenvalue weighted by Crippen LogP contribution is -2.15. The molecular formula is C51H38N4S. The first-order chi connectivity index (χ1) is 27.4. The van der Waals surface area contributed by atoms with Crippen molar-refractivity contribution in [2.75, 3.05) is 0 Å². The lowest BCUT2D eigenvalue weighted by Gasteiger charge is -2.23. The number of nitriles is 1. The molecule has 2 heterocycles. The van der Waals surface area contributed by atoms with Crippen LogP contribution in [-0.2, 0) is 5.41 Å². The van der Waals surface area contributed by atoms with Crippen LogP contribution in [0.2, 0.25) is 0 Å². The van der Waals surface area contributed by atoms with E-state index in [9.17, 15) is 5.26 Å². The summed E-state index contributed by atoms with van der Waals surface area (Å²) in [5, 5.41) is 12.2. The van der Waals surface area contributed by atoms with Gasteiger partial charge in [-0.2, -0.15) is 5.26 Å². The summed E-state index contributed by atoms with van der Waals surface area (Å²) < 4.78 is 2.48. The van der Waals surface area contributed by atoms with Gasteiger partial charge in [0.25, 0.3) is 0 Å². The summed E-state index contributed by atoms with van der Waals surface area (Å²) in [6, 6.07) is 38.6. The van der Waals surface area contributed by atoms with Crippen LogP contribution in [0.1, 0.15) is 61.1 Å². The Morgan fingerprint density at radius 1 is 0.750 bits per heavy atom. The van der Waals surface area contributed by atoms with Crippen molar-refractivity contribution in [1.29, 1.82) is 5.26 Å². The van der Waals surface area contributed by atoms with E-state index in [4.69, 9.17) is 15.0 Å². The van der Waals surface area contributed by atoms with Crippen molar-refractivity contribution in [2.45, 2.75) is 32.6 Å². The highest BCUT2D eigenvalue weighted by Crippen LogP contribution is 2.51. The molecule has 56 heavy (non-hydrogen) atoms. The quantitative estimate of drug-likeness (QED) is 0.153. The van der Waals surface area contributed by atoms with Crippen LogP contribution >= 0.6 is 11.3 Å². The van der Waals surface area contributed by atoms with Gasteiger partial charge in [-0.1, -0.05) is 136 Å². The molecule has 2 aliphatic carbocycles. The Hall–Kier alpha value is -6.74. The van der Waals surface area contributed by atoms with E-state index >= 15 is 0 Å². The van der Waals surface area contributed by atoms with E-state index < -0.39 is 0 Å². The number of benzene rings is 5. The molecule has 9 rings (SSSR count). The molecule has 5 aromatic carbocycles. The molecule has 0 unspecified atom stereocenters. The Kier molecular flexibility index (Phi) is 8.85. The van der Waals surface area contributed by atoms with Gasteiger partial charge in [0, 0.05) is 42.3 Å². The number of hydrogen-bond donors (Lipinski definition) is 0. The molecule has 2 aromatic heterocycles. The molecule has 0 saturated heterocycles. The van der Waals surface area contributed by atoms with Crippen LogP contribution in [0, 0.1) is 11.3 Å². The van der Waals surface area contributed by atoms with Crippen LogP contribution in [0.4, 0.5) is 0 Å². The fourth-order valence-corrected chi connectivity index (χ4v) is 9.24. The summed E-state index contributed by atoms with van der Waals surface area (Å²) in [6.07, 6.45) is 17.3. The van der Waals surface area contributed by atoms with Gasteiger partial charge in [-0.05, 0) is 94.3 Å². The third-order valence-corrected chi connectivity index (χ3v) is 12.1. The predicted molar refractivity (Wildman–Crippen MR) is 235 cm³/mol. The Morgan fingerprint density at radius 2 is 1.50 bits per heavy atom. The number of aromatic nitrogens is 3. The highest BCUT2D eigenvalue weighted by molar-refractivity contribution is 7.25. The van der Waals surface area contributed by atoms with Gasteiger partial charge in [-0.15, -0.1) is 11.3 Å². The molecule has 0 radical (unpaired) electrons. The summed E-state index contributed by atoms with van der Waals surface area (Å²) in [5.41, 5.74) is 12.5. The van der Waals surface area contributed by atoms with Gasteiger partial charge >= 0.3 is 0 Å². The standard InChI is InChI=1S/C51H38N4S/c1-5-33(29-34(6-2)48-53-49(35-16-10-7-8-11-17-35)55-50(54-48)36-18-12-9-13-19-36)46-38(26-27-45-47(46)41-20-14-15-21-44(41)56-45)37-23-25-40-39-24-22-32(31-52)28-42(39)51(3,4)43(40)30-37/h5-16,18-30H,2,17H2,1,3-4H3/b33-5+,34-29+. The van der Waals surface area contributed by atoms with Crippen LogP contribution in [0.15, 0.2) is 158 Å². The lowest BCUT2D eigenvalue weighted by molar-refractivity contribution is 0.660. The summed E-state index contributed by atoms with van der Waals surface area (Å²) in [7, 11) is 0. The summed E-state index contributed by atoms with van der Waals surface area (Å²) in [4.78, 5) is 15.2. The van der Waals surface area contributed by atoms with Gasteiger partial charge in [0.05, 0.1) is 11.6 Å². The molecule has 0 amide bonds. The van der Waals surface area contributed by atoms with E-state index in [1.165, 1.54) is 42.4 Å². The maximum Gasteiger partial charge on any atom is 0.164 e. The zero-order valence-corrected chi connectivity index (χ0v) is 32.4.